The van der Waals surface area contributed by atoms with E-state index in [4.69, 9.17) is 4.74 Å². The molecule has 0 bridgehead atoms. The zero-order valence-corrected chi connectivity index (χ0v) is 21.7. The summed E-state index contributed by atoms with van der Waals surface area (Å²) in [6.45, 7) is 7.17. The fourth-order valence-electron chi connectivity index (χ4n) is 5.00. The van der Waals surface area contributed by atoms with Crippen molar-refractivity contribution in [3.8, 4) is 11.6 Å². The molecule has 1 atom stereocenters. The van der Waals surface area contributed by atoms with Crippen LogP contribution < -0.4 is 20.5 Å². The molecule has 13 heteroatoms. The summed E-state index contributed by atoms with van der Waals surface area (Å²) in [4.78, 5) is 31.0. The standard InChI is InChI=1S/C27H27F3N8O2/c1-3-10-37-25(39)19-15-31-26(32-17-4-6-18(7-5-17)36-13-11-35(2)12-14-36)34-24(19)38(37)22-9-8-21-23(33-22)20(16-40-21)27(28,29)30/h3-9,15,20H,1,10-14,16H2,2H3,(H,31,32,34). The van der Waals surface area contributed by atoms with Crippen LogP contribution >= 0.6 is 0 Å². The van der Waals surface area contributed by atoms with Crippen LogP contribution in [0.2, 0.25) is 0 Å². The Morgan fingerprint density at radius 3 is 2.55 bits per heavy atom. The Morgan fingerprint density at radius 1 is 1.10 bits per heavy atom. The van der Waals surface area contributed by atoms with E-state index in [1.54, 1.807) is 0 Å². The number of allylic oxidation sites excluding steroid dienone is 1. The maximum atomic E-state index is 13.6. The van der Waals surface area contributed by atoms with Gasteiger partial charge in [-0.1, -0.05) is 6.08 Å². The van der Waals surface area contributed by atoms with Crippen molar-refractivity contribution < 1.29 is 17.9 Å². The Labute approximate surface area is 227 Å². The van der Waals surface area contributed by atoms with Gasteiger partial charge in [0.05, 0.1) is 6.54 Å². The number of hydrogen-bond donors (Lipinski definition) is 1. The molecular formula is C27H27F3N8O2. The lowest BCUT2D eigenvalue weighted by Gasteiger charge is -2.34. The van der Waals surface area contributed by atoms with Gasteiger partial charge in [0, 0.05) is 43.8 Å². The van der Waals surface area contributed by atoms with Crippen molar-refractivity contribution in [3.05, 3.63) is 71.3 Å². The van der Waals surface area contributed by atoms with Crippen molar-refractivity contribution in [2.24, 2.45) is 0 Å². The Kier molecular flexibility index (Phi) is 6.45. The summed E-state index contributed by atoms with van der Waals surface area (Å²) in [5, 5.41) is 3.36. The molecule has 1 unspecified atom stereocenters. The first-order valence-corrected chi connectivity index (χ1v) is 12.8. The van der Waals surface area contributed by atoms with E-state index in [0.29, 0.717) is 0 Å². The van der Waals surface area contributed by atoms with E-state index < -0.39 is 24.3 Å². The van der Waals surface area contributed by atoms with E-state index in [-0.39, 0.29) is 40.8 Å². The number of anilines is 3. The number of benzene rings is 1. The molecule has 3 aromatic heterocycles. The number of likely N-dealkylation sites (N-methyl/N-ethyl adjacent to an activating group) is 1. The maximum absolute atomic E-state index is 13.6. The zero-order valence-electron chi connectivity index (χ0n) is 21.7. The predicted molar refractivity (Wildman–Crippen MR) is 145 cm³/mol. The van der Waals surface area contributed by atoms with Crippen LogP contribution in [0.1, 0.15) is 11.6 Å². The Balaban J connectivity index is 1.36. The summed E-state index contributed by atoms with van der Waals surface area (Å²) < 4.78 is 48.8. The molecule has 0 radical (unpaired) electrons. The van der Waals surface area contributed by atoms with Gasteiger partial charge in [0.25, 0.3) is 5.56 Å². The Morgan fingerprint density at radius 2 is 1.85 bits per heavy atom. The monoisotopic (exact) mass is 552 g/mol. The molecule has 0 amide bonds. The van der Waals surface area contributed by atoms with Gasteiger partial charge < -0.3 is 19.9 Å². The molecule has 4 aromatic rings. The molecule has 40 heavy (non-hydrogen) atoms. The van der Waals surface area contributed by atoms with E-state index in [2.05, 4.69) is 43.7 Å². The number of piperazine rings is 1. The number of halogens is 3. The van der Waals surface area contributed by atoms with Gasteiger partial charge >= 0.3 is 6.18 Å². The molecule has 2 aliphatic rings. The molecule has 2 aliphatic heterocycles. The predicted octanol–water partition coefficient (Wildman–Crippen LogP) is 3.70. The smallest absolute Gasteiger partial charge is 0.400 e. The summed E-state index contributed by atoms with van der Waals surface area (Å²) in [5.41, 5.74) is 1.43. The number of rotatable bonds is 6. The third-order valence-corrected chi connectivity index (χ3v) is 7.19. The minimum Gasteiger partial charge on any atom is -0.491 e. The van der Waals surface area contributed by atoms with Crippen LogP contribution in [0.4, 0.5) is 30.5 Å². The van der Waals surface area contributed by atoms with E-state index in [9.17, 15) is 18.0 Å². The summed E-state index contributed by atoms with van der Waals surface area (Å²) in [5.74, 6) is -1.46. The van der Waals surface area contributed by atoms with Crippen LogP contribution in [-0.4, -0.2) is 75.2 Å². The van der Waals surface area contributed by atoms with E-state index >= 15 is 0 Å². The summed E-state index contributed by atoms with van der Waals surface area (Å²) in [6, 6.07) is 10.8. The van der Waals surface area contributed by atoms with Crippen molar-refractivity contribution >= 4 is 28.4 Å². The third-order valence-electron chi connectivity index (χ3n) is 7.19. The average Bonchev–Trinajstić information content (AvgIpc) is 3.48. The average molecular weight is 553 g/mol. The van der Waals surface area contributed by atoms with Gasteiger partial charge in [-0.3, -0.25) is 4.79 Å². The second-order valence-corrected chi connectivity index (χ2v) is 9.84. The lowest BCUT2D eigenvalue weighted by molar-refractivity contribution is -0.152. The first kappa shape index (κ1) is 25.9. The summed E-state index contributed by atoms with van der Waals surface area (Å²) >= 11 is 0. The Bertz CT molecular complexity index is 1620. The van der Waals surface area contributed by atoms with Crippen molar-refractivity contribution in [1.82, 2.24) is 29.2 Å². The quantitative estimate of drug-likeness (QED) is 0.362. The molecule has 0 spiro atoms. The van der Waals surface area contributed by atoms with Gasteiger partial charge in [-0.05, 0) is 43.4 Å². The highest BCUT2D eigenvalue weighted by Crippen LogP contribution is 2.43. The van der Waals surface area contributed by atoms with Gasteiger partial charge in [0.15, 0.2) is 11.5 Å². The highest BCUT2D eigenvalue weighted by molar-refractivity contribution is 5.77. The Hall–Kier alpha value is -4.39. The molecule has 1 aromatic carbocycles. The number of hydrogen-bond acceptors (Lipinski definition) is 8. The molecule has 0 aliphatic carbocycles. The van der Waals surface area contributed by atoms with Gasteiger partial charge in [0.2, 0.25) is 5.95 Å². The van der Waals surface area contributed by atoms with Crippen LogP contribution in [0.3, 0.4) is 0 Å². The lowest BCUT2D eigenvalue weighted by atomic mass is 10.1. The topological polar surface area (TPSA) is 93.3 Å². The highest BCUT2D eigenvalue weighted by atomic mass is 19.4. The minimum absolute atomic E-state index is 0.0668. The van der Waals surface area contributed by atoms with Crippen LogP contribution in [0.25, 0.3) is 16.9 Å². The molecule has 1 N–H and O–H groups in total. The normalized spacial score (nSPS) is 17.6. The minimum atomic E-state index is -4.52. The summed E-state index contributed by atoms with van der Waals surface area (Å²) in [7, 11) is 2.11. The van der Waals surface area contributed by atoms with E-state index in [1.165, 1.54) is 33.8 Å². The van der Waals surface area contributed by atoms with Gasteiger partial charge in [-0.25, -0.2) is 19.3 Å². The highest BCUT2D eigenvalue weighted by Gasteiger charge is 2.47. The number of nitrogens with zero attached hydrogens (tertiary/aromatic N) is 7. The van der Waals surface area contributed by atoms with Crippen molar-refractivity contribution in [3.63, 3.8) is 0 Å². The fraction of sp³-hybridized carbons (Fsp3) is 0.333. The van der Waals surface area contributed by atoms with Crippen molar-refractivity contribution in [2.45, 2.75) is 18.6 Å². The number of alkyl halides is 3. The van der Waals surface area contributed by atoms with Crippen LogP contribution in [0.15, 0.2) is 60.0 Å². The molecule has 10 nitrogen and oxygen atoms in total. The van der Waals surface area contributed by atoms with E-state index in [0.717, 1.165) is 37.6 Å². The van der Waals surface area contributed by atoms with Gasteiger partial charge in [-0.15, -0.1) is 6.58 Å². The fourth-order valence-corrected chi connectivity index (χ4v) is 5.00. The number of fused-ring (bicyclic) bond motifs is 2. The van der Waals surface area contributed by atoms with Crippen LogP contribution in [-0.2, 0) is 6.54 Å². The third kappa shape index (κ3) is 4.66. The molecule has 1 saturated heterocycles. The zero-order chi connectivity index (χ0) is 28.0. The molecule has 0 saturated carbocycles. The van der Waals surface area contributed by atoms with Crippen LogP contribution in [0, 0.1) is 0 Å². The van der Waals surface area contributed by atoms with Gasteiger partial charge in [0.1, 0.15) is 29.4 Å². The van der Waals surface area contributed by atoms with Crippen LogP contribution in [0.5, 0.6) is 5.75 Å². The SMILES string of the molecule is C=CCn1c(=O)c2cnc(Nc3ccc(N4CCN(C)CC4)cc3)nc2n1-c1ccc2c(n1)C(C(F)(F)F)CO2. The molecule has 5 heterocycles. The number of nitrogens with one attached hydrogen (secondary N) is 1. The number of ether oxygens (including phenoxy) is 1. The summed E-state index contributed by atoms with van der Waals surface area (Å²) in [6.07, 6.45) is -1.60. The van der Waals surface area contributed by atoms with Gasteiger partial charge in [-0.2, -0.15) is 18.2 Å². The van der Waals surface area contributed by atoms with Crippen molar-refractivity contribution in [2.75, 3.05) is 50.1 Å². The second kappa shape index (κ2) is 9.97. The van der Waals surface area contributed by atoms with Crippen molar-refractivity contribution in [1.29, 1.82) is 0 Å². The maximum Gasteiger partial charge on any atom is 0.400 e. The number of pyridine rings is 1. The molecular weight excluding hydrogens is 525 g/mol. The largest absolute Gasteiger partial charge is 0.491 e. The lowest BCUT2D eigenvalue weighted by Crippen LogP contribution is -2.44. The second-order valence-electron chi connectivity index (χ2n) is 9.84. The molecule has 208 valence electrons. The first-order valence-electron chi connectivity index (χ1n) is 12.8. The first-order chi connectivity index (χ1) is 19.2. The molecule has 1 fully saturated rings. The molecule has 6 rings (SSSR count). The van der Waals surface area contributed by atoms with E-state index in [1.807, 2.05) is 24.3 Å². The number of aromatic nitrogens is 5.